The van der Waals surface area contributed by atoms with Crippen LogP contribution in [0.4, 0.5) is 0 Å². The highest BCUT2D eigenvalue weighted by molar-refractivity contribution is 5.81. The van der Waals surface area contributed by atoms with Crippen molar-refractivity contribution in [3.8, 4) is 0 Å². The molecule has 1 aliphatic rings. The van der Waals surface area contributed by atoms with E-state index < -0.39 is 0 Å². The first kappa shape index (κ1) is 21.7. The molecule has 25 heavy (non-hydrogen) atoms. The van der Waals surface area contributed by atoms with Crippen LogP contribution in [0.1, 0.15) is 53.9 Å². The van der Waals surface area contributed by atoms with Gasteiger partial charge in [-0.1, -0.05) is 6.92 Å². The summed E-state index contributed by atoms with van der Waals surface area (Å²) in [7, 11) is 0. The number of amides is 1. The van der Waals surface area contributed by atoms with Crippen LogP contribution in [-0.4, -0.2) is 73.5 Å². The first-order valence-electron chi connectivity index (χ1n) is 10.1. The quantitative estimate of drug-likeness (QED) is 0.491. The molecule has 1 saturated heterocycles. The van der Waals surface area contributed by atoms with Crippen LogP contribution in [0.3, 0.4) is 0 Å². The first-order chi connectivity index (χ1) is 12.0. The van der Waals surface area contributed by atoms with Crippen molar-refractivity contribution in [1.29, 1.82) is 0 Å². The minimum atomic E-state index is 0.198. The van der Waals surface area contributed by atoms with Crippen LogP contribution in [0.2, 0.25) is 0 Å². The maximum Gasteiger partial charge on any atom is 0.224 e. The minimum absolute atomic E-state index is 0.198. The molecule has 0 aromatic carbocycles. The van der Waals surface area contributed by atoms with Gasteiger partial charge >= 0.3 is 0 Å². The maximum atomic E-state index is 12.1. The summed E-state index contributed by atoms with van der Waals surface area (Å²) in [5, 5.41) is 6.57. The van der Waals surface area contributed by atoms with E-state index in [2.05, 4.69) is 36.3 Å². The average Bonchev–Trinajstić information content (AvgIpc) is 2.60. The van der Waals surface area contributed by atoms with E-state index in [4.69, 9.17) is 4.99 Å². The van der Waals surface area contributed by atoms with Crippen molar-refractivity contribution in [2.75, 3.05) is 45.8 Å². The van der Waals surface area contributed by atoms with Gasteiger partial charge in [0, 0.05) is 45.2 Å². The van der Waals surface area contributed by atoms with Gasteiger partial charge in [0.25, 0.3) is 0 Å². The number of likely N-dealkylation sites (tertiary alicyclic amines) is 1. The van der Waals surface area contributed by atoms with E-state index in [9.17, 15) is 4.79 Å². The Morgan fingerprint density at radius 2 is 2.00 bits per heavy atom. The van der Waals surface area contributed by atoms with Gasteiger partial charge in [0.1, 0.15) is 0 Å². The molecule has 2 N–H and O–H groups in total. The van der Waals surface area contributed by atoms with Crippen molar-refractivity contribution in [3.05, 3.63) is 0 Å². The monoisotopic (exact) mass is 353 g/mol. The zero-order valence-corrected chi connectivity index (χ0v) is 17.0. The number of hydrogen-bond acceptors (Lipinski definition) is 3. The lowest BCUT2D eigenvalue weighted by atomic mass is 9.99. The Morgan fingerprint density at radius 3 is 2.60 bits per heavy atom. The van der Waals surface area contributed by atoms with E-state index in [0.29, 0.717) is 19.0 Å². The summed E-state index contributed by atoms with van der Waals surface area (Å²) < 4.78 is 0. The van der Waals surface area contributed by atoms with Crippen LogP contribution in [0.5, 0.6) is 0 Å². The third-order valence-corrected chi connectivity index (χ3v) is 4.92. The average molecular weight is 354 g/mol. The molecule has 0 aromatic heterocycles. The second kappa shape index (κ2) is 12.1. The van der Waals surface area contributed by atoms with Crippen LogP contribution >= 0.6 is 0 Å². The normalized spacial score (nSPS) is 20.2. The minimum Gasteiger partial charge on any atom is -0.357 e. The van der Waals surface area contributed by atoms with Crippen LogP contribution in [0.25, 0.3) is 0 Å². The molecule has 0 saturated carbocycles. The molecule has 0 spiro atoms. The molecule has 0 aliphatic carbocycles. The lowest BCUT2D eigenvalue weighted by Crippen LogP contribution is -2.44. The van der Waals surface area contributed by atoms with E-state index in [1.807, 2.05) is 18.7 Å². The smallest absolute Gasteiger partial charge is 0.224 e. The van der Waals surface area contributed by atoms with Crippen LogP contribution in [0, 0.1) is 5.92 Å². The molecule has 2 unspecified atom stereocenters. The second-order valence-corrected chi connectivity index (χ2v) is 7.05. The summed E-state index contributed by atoms with van der Waals surface area (Å²) in [6.07, 6.45) is 3.14. The van der Waals surface area contributed by atoms with Crippen molar-refractivity contribution in [2.24, 2.45) is 10.9 Å². The summed E-state index contributed by atoms with van der Waals surface area (Å²) in [6.45, 7) is 16.8. The summed E-state index contributed by atoms with van der Waals surface area (Å²) in [5.74, 6) is 1.80. The number of aliphatic imine (C=N–C) groups is 1. The van der Waals surface area contributed by atoms with Gasteiger partial charge < -0.3 is 15.5 Å². The first-order valence-corrected chi connectivity index (χ1v) is 10.1. The SMILES string of the molecule is CCNC(=NCC(C)N1CCCC(C)C1)NCCC(=O)N(CC)CC. The Bertz CT molecular complexity index is 409. The summed E-state index contributed by atoms with van der Waals surface area (Å²) in [5.41, 5.74) is 0. The van der Waals surface area contributed by atoms with Gasteiger partial charge in [0.2, 0.25) is 5.91 Å². The fourth-order valence-electron chi connectivity index (χ4n) is 3.33. The molecular formula is C19H39N5O. The summed E-state index contributed by atoms with van der Waals surface area (Å²) in [4.78, 5) is 21.2. The summed E-state index contributed by atoms with van der Waals surface area (Å²) in [6, 6.07) is 0.454. The van der Waals surface area contributed by atoms with Crippen molar-refractivity contribution in [3.63, 3.8) is 0 Å². The van der Waals surface area contributed by atoms with Crippen molar-refractivity contribution >= 4 is 11.9 Å². The van der Waals surface area contributed by atoms with Gasteiger partial charge in [-0.15, -0.1) is 0 Å². The molecule has 0 bridgehead atoms. The Kier molecular flexibility index (Phi) is 10.5. The molecule has 0 radical (unpaired) electrons. The molecule has 1 fully saturated rings. The fraction of sp³-hybridized carbons (Fsp3) is 0.895. The van der Waals surface area contributed by atoms with Gasteiger partial charge in [-0.3, -0.25) is 14.7 Å². The molecule has 0 aromatic rings. The molecule has 1 rings (SSSR count). The van der Waals surface area contributed by atoms with E-state index in [-0.39, 0.29) is 5.91 Å². The van der Waals surface area contributed by atoms with E-state index in [1.165, 1.54) is 25.9 Å². The third-order valence-electron chi connectivity index (χ3n) is 4.92. The van der Waals surface area contributed by atoms with E-state index >= 15 is 0 Å². The van der Waals surface area contributed by atoms with Crippen LogP contribution < -0.4 is 10.6 Å². The fourth-order valence-corrected chi connectivity index (χ4v) is 3.33. The molecule has 6 heteroatoms. The Balaban J connectivity index is 2.43. The van der Waals surface area contributed by atoms with Crippen molar-refractivity contribution in [2.45, 2.75) is 59.9 Å². The van der Waals surface area contributed by atoms with Crippen LogP contribution in [0.15, 0.2) is 4.99 Å². The van der Waals surface area contributed by atoms with Gasteiger partial charge in [0.15, 0.2) is 5.96 Å². The van der Waals surface area contributed by atoms with Crippen LogP contribution in [-0.2, 0) is 4.79 Å². The molecule has 6 nitrogen and oxygen atoms in total. The molecule has 1 heterocycles. The van der Waals surface area contributed by atoms with E-state index in [1.54, 1.807) is 0 Å². The zero-order valence-electron chi connectivity index (χ0n) is 17.0. The Hall–Kier alpha value is -1.30. The number of nitrogens with zero attached hydrogens (tertiary/aromatic N) is 3. The lowest BCUT2D eigenvalue weighted by Gasteiger charge is -2.35. The number of piperidine rings is 1. The third kappa shape index (κ3) is 8.08. The summed E-state index contributed by atoms with van der Waals surface area (Å²) >= 11 is 0. The number of guanidine groups is 1. The van der Waals surface area contributed by atoms with Crippen molar-refractivity contribution in [1.82, 2.24) is 20.4 Å². The number of carbonyl (C=O) groups excluding carboxylic acids is 1. The second-order valence-electron chi connectivity index (χ2n) is 7.05. The van der Waals surface area contributed by atoms with Gasteiger partial charge in [-0.05, 0) is 53.0 Å². The predicted molar refractivity (Wildman–Crippen MR) is 106 cm³/mol. The highest BCUT2D eigenvalue weighted by atomic mass is 16.2. The van der Waals surface area contributed by atoms with Gasteiger partial charge in [0.05, 0.1) is 6.54 Å². The maximum absolute atomic E-state index is 12.1. The topological polar surface area (TPSA) is 60.0 Å². The molecule has 2 atom stereocenters. The zero-order chi connectivity index (χ0) is 18.7. The van der Waals surface area contributed by atoms with E-state index in [0.717, 1.165) is 38.1 Å². The predicted octanol–water partition coefficient (Wildman–Crippen LogP) is 1.92. The number of carbonyl (C=O) groups is 1. The number of rotatable bonds is 9. The number of nitrogens with one attached hydrogen (secondary N) is 2. The highest BCUT2D eigenvalue weighted by Gasteiger charge is 2.20. The molecule has 1 amide bonds. The Morgan fingerprint density at radius 1 is 1.28 bits per heavy atom. The van der Waals surface area contributed by atoms with Gasteiger partial charge in [-0.2, -0.15) is 0 Å². The molecule has 1 aliphatic heterocycles. The largest absolute Gasteiger partial charge is 0.357 e. The van der Waals surface area contributed by atoms with Crippen molar-refractivity contribution < 1.29 is 4.79 Å². The molecule has 146 valence electrons. The van der Waals surface area contributed by atoms with Gasteiger partial charge in [-0.25, -0.2) is 0 Å². The highest BCUT2D eigenvalue weighted by Crippen LogP contribution is 2.17. The lowest BCUT2D eigenvalue weighted by molar-refractivity contribution is -0.130. The molecular weight excluding hydrogens is 314 g/mol. The Labute approximate surface area is 154 Å². The number of hydrogen-bond donors (Lipinski definition) is 2. The standard InChI is InChI=1S/C19H39N5O/c1-6-20-19(21-12-11-18(25)23(7-2)8-3)22-14-17(5)24-13-9-10-16(4)15-24/h16-17H,6-15H2,1-5H3,(H2,20,21,22).